The van der Waals surface area contributed by atoms with E-state index in [1.165, 1.54) is 4.90 Å². The number of carbonyl (C=O) groups is 3. The van der Waals surface area contributed by atoms with Crippen molar-refractivity contribution in [2.75, 3.05) is 26.3 Å². The molecule has 0 spiro atoms. The molecule has 1 atom stereocenters. The van der Waals surface area contributed by atoms with Gasteiger partial charge in [0.2, 0.25) is 5.91 Å². The molecule has 1 heterocycles. The molecule has 26 heavy (non-hydrogen) atoms. The molecule has 142 valence electrons. The zero-order valence-corrected chi connectivity index (χ0v) is 14.5. The maximum Gasteiger partial charge on any atom is 0.326 e. The third kappa shape index (κ3) is 5.45. The van der Waals surface area contributed by atoms with Gasteiger partial charge >= 0.3 is 5.97 Å². The lowest BCUT2D eigenvalue weighted by molar-refractivity contribution is -0.147. The number of aliphatic carboxylic acids is 1. The van der Waals surface area contributed by atoms with Gasteiger partial charge in [-0.1, -0.05) is 6.07 Å². The summed E-state index contributed by atoms with van der Waals surface area (Å²) in [5.41, 5.74) is 0.355. The second-order valence-electron chi connectivity index (χ2n) is 6.07. The molecule has 2 amide bonds. The Bertz CT molecular complexity index is 648. The molecule has 1 aromatic rings. The van der Waals surface area contributed by atoms with E-state index in [9.17, 15) is 14.4 Å². The largest absolute Gasteiger partial charge is 0.494 e. The van der Waals surface area contributed by atoms with E-state index < -0.39 is 23.8 Å². The van der Waals surface area contributed by atoms with Crippen LogP contribution in [0.5, 0.6) is 5.75 Å². The van der Waals surface area contributed by atoms with Crippen molar-refractivity contribution in [1.29, 1.82) is 0 Å². The Balaban J connectivity index is 1.85. The van der Waals surface area contributed by atoms with Gasteiger partial charge in [-0.15, -0.1) is 0 Å². The number of amides is 2. The number of ether oxygens (including phenoxy) is 1. The second kappa shape index (κ2) is 9.76. The topological polar surface area (TPSA) is 116 Å². The molecule has 0 aliphatic carbocycles. The van der Waals surface area contributed by atoms with Gasteiger partial charge in [-0.3, -0.25) is 9.59 Å². The molecule has 0 bridgehead atoms. The highest BCUT2D eigenvalue weighted by Gasteiger charge is 2.33. The van der Waals surface area contributed by atoms with Crippen molar-refractivity contribution in [3.8, 4) is 5.75 Å². The van der Waals surface area contributed by atoms with Gasteiger partial charge in [0.15, 0.2) is 0 Å². The number of nitrogens with one attached hydrogen (secondary N) is 1. The van der Waals surface area contributed by atoms with Crippen LogP contribution in [0, 0.1) is 0 Å². The first-order chi connectivity index (χ1) is 12.5. The van der Waals surface area contributed by atoms with Crippen molar-refractivity contribution in [3.63, 3.8) is 0 Å². The molecule has 1 saturated heterocycles. The molecule has 1 aliphatic rings. The summed E-state index contributed by atoms with van der Waals surface area (Å²) >= 11 is 0. The number of nitrogens with zero attached hydrogens (tertiary/aromatic N) is 1. The number of carbonyl (C=O) groups excluding carboxylic acids is 2. The third-order valence-electron chi connectivity index (χ3n) is 4.18. The number of hydrogen-bond donors (Lipinski definition) is 3. The summed E-state index contributed by atoms with van der Waals surface area (Å²) in [7, 11) is 0. The first-order valence-corrected chi connectivity index (χ1v) is 8.67. The average molecular weight is 364 g/mol. The number of aliphatic hydroxyl groups excluding tert-OH is 1. The molecule has 8 heteroatoms. The van der Waals surface area contributed by atoms with Gasteiger partial charge in [0.1, 0.15) is 11.8 Å². The lowest BCUT2D eigenvalue weighted by Crippen LogP contribution is -2.45. The predicted molar refractivity (Wildman–Crippen MR) is 93.0 cm³/mol. The zero-order chi connectivity index (χ0) is 18.9. The van der Waals surface area contributed by atoms with E-state index in [0.717, 1.165) is 0 Å². The van der Waals surface area contributed by atoms with Gasteiger partial charge in [0.05, 0.1) is 13.2 Å². The Morgan fingerprint density at radius 1 is 1.27 bits per heavy atom. The van der Waals surface area contributed by atoms with Crippen molar-refractivity contribution in [1.82, 2.24) is 10.2 Å². The smallest absolute Gasteiger partial charge is 0.326 e. The molecule has 1 aliphatic heterocycles. The normalized spacial score (nSPS) is 16.3. The maximum absolute atomic E-state index is 12.2. The van der Waals surface area contributed by atoms with Gasteiger partial charge in [-0.2, -0.15) is 0 Å². The van der Waals surface area contributed by atoms with Crippen LogP contribution in [-0.2, 0) is 9.59 Å². The van der Waals surface area contributed by atoms with Gasteiger partial charge in [-0.05, 0) is 43.9 Å². The Labute approximate surface area is 151 Å². The summed E-state index contributed by atoms with van der Waals surface area (Å²) in [5, 5.41) is 20.4. The van der Waals surface area contributed by atoms with E-state index >= 15 is 0 Å². The lowest BCUT2D eigenvalue weighted by Gasteiger charge is -2.21. The highest BCUT2D eigenvalue weighted by Crippen LogP contribution is 2.17. The van der Waals surface area contributed by atoms with Crippen molar-refractivity contribution >= 4 is 17.8 Å². The van der Waals surface area contributed by atoms with Crippen molar-refractivity contribution in [3.05, 3.63) is 29.8 Å². The Morgan fingerprint density at radius 2 is 2.08 bits per heavy atom. The first kappa shape index (κ1) is 19.7. The van der Waals surface area contributed by atoms with E-state index in [1.807, 2.05) is 0 Å². The molecule has 1 unspecified atom stereocenters. The van der Waals surface area contributed by atoms with Crippen LogP contribution in [-0.4, -0.2) is 65.2 Å². The van der Waals surface area contributed by atoms with Crippen LogP contribution in [0.25, 0.3) is 0 Å². The fourth-order valence-electron chi connectivity index (χ4n) is 2.81. The Morgan fingerprint density at radius 3 is 2.81 bits per heavy atom. The van der Waals surface area contributed by atoms with Gasteiger partial charge in [-0.25, -0.2) is 4.79 Å². The minimum atomic E-state index is -1.02. The first-order valence-electron chi connectivity index (χ1n) is 8.67. The Hall–Kier alpha value is -2.61. The number of benzene rings is 1. The summed E-state index contributed by atoms with van der Waals surface area (Å²) in [6.45, 7) is 0.697. The summed E-state index contributed by atoms with van der Waals surface area (Å²) in [6.07, 6.45) is 2.44. The lowest BCUT2D eigenvalue weighted by atomic mass is 10.2. The standard InChI is InChI=1S/C18H24N2O6/c21-9-1-2-10-26-14-6-3-5-13(11-14)17(23)19-12-16(22)20-8-4-7-15(20)18(24)25/h3,5-6,11,15,21H,1-2,4,7-10,12H2,(H,19,23)(H,24,25). The van der Waals surface area contributed by atoms with Crippen LogP contribution in [0.3, 0.4) is 0 Å². The highest BCUT2D eigenvalue weighted by molar-refractivity contribution is 5.97. The molecule has 3 N–H and O–H groups in total. The number of aliphatic hydroxyl groups is 1. The van der Waals surface area contributed by atoms with Crippen LogP contribution in [0.2, 0.25) is 0 Å². The van der Waals surface area contributed by atoms with E-state index in [4.69, 9.17) is 14.9 Å². The van der Waals surface area contributed by atoms with E-state index in [1.54, 1.807) is 24.3 Å². The molecule has 1 fully saturated rings. The number of carboxylic acid groups (broad SMARTS) is 1. The quantitative estimate of drug-likeness (QED) is 0.554. The average Bonchev–Trinajstić information content (AvgIpc) is 3.13. The molecule has 0 radical (unpaired) electrons. The maximum atomic E-state index is 12.2. The van der Waals surface area contributed by atoms with E-state index in [0.29, 0.717) is 50.1 Å². The molecule has 2 rings (SSSR count). The number of carboxylic acids is 1. The zero-order valence-electron chi connectivity index (χ0n) is 14.5. The summed E-state index contributed by atoms with van der Waals surface area (Å²) in [4.78, 5) is 36.8. The van der Waals surface area contributed by atoms with Gasteiger partial charge in [0.25, 0.3) is 5.91 Å². The number of hydrogen-bond acceptors (Lipinski definition) is 5. The van der Waals surface area contributed by atoms with E-state index in [-0.39, 0.29) is 13.2 Å². The molecule has 0 aromatic heterocycles. The third-order valence-corrected chi connectivity index (χ3v) is 4.18. The fourth-order valence-corrected chi connectivity index (χ4v) is 2.81. The van der Waals surface area contributed by atoms with Crippen LogP contribution < -0.4 is 10.1 Å². The summed E-state index contributed by atoms with van der Waals surface area (Å²) in [5.74, 6) is -1.31. The molecule has 0 saturated carbocycles. The molecular weight excluding hydrogens is 340 g/mol. The highest BCUT2D eigenvalue weighted by atomic mass is 16.5. The molecular formula is C18H24N2O6. The predicted octanol–water partition coefficient (Wildman–Crippen LogP) is 0.643. The number of rotatable bonds is 9. The minimum Gasteiger partial charge on any atom is -0.494 e. The fraction of sp³-hybridized carbons (Fsp3) is 0.500. The molecule has 1 aromatic carbocycles. The number of likely N-dealkylation sites (tertiary alicyclic amines) is 1. The summed E-state index contributed by atoms with van der Waals surface area (Å²) in [6, 6.07) is 5.78. The van der Waals surface area contributed by atoms with Gasteiger partial charge in [0, 0.05) is 18.7 Å². The molecule has 8 nitrogen and oxygen atoms in total. The van der Waals surface area contributed by atoms with Crippen molar-refractivity contribution < 1.29 is 29.3 Å². The Kier molecular flexibility index (Phi) is 7.40. The van der Waals surface area contributed by atoms with E-state index in [2.05, 4.69) is 5.32 Å². The van der Waals surface area contributed by atoms with Crippen LogP contribution in [0.15, 0.2) is 24.3 Å². The van der Waals surface area contributed by atoms with Crippen molar-refractivity contribution in [2.24, 2.45) is 0 Å². The summed E-state index contributed by atoms with van der Waals surface area (Å²) < 4.78 is 5.51. The van der Waals surface area contributed by atoms with Crippen LogP contribution in [0.4, 0.5) is 0 Å². The van der Waals surface area contributed by atoms with Crippen LogP contribution in [0.1, 0.15) is 36.0 Å². The minimum absolute atomic E-state index is 0.111. The SMILES string of the molecule is O=C(NCC(=O)N1CCCC1C(=O)O)c1cccc(OCCCCO)c1. The monoisotopic (exact) mass is 364 g/mol. The van der Waals surface area contributed by atoms with Crippen LogP contribution >= 0.6 is 0 Å². The number of unbranched alkanes of at least 4 members (excludes halogenated alkanes) is 1. The van der Waals surface area contributed by atoms with Gasteiger partial charge < -0.3 is 25.2 Å². The second-order valence-corrected chi connectivity index (χ2v) is 6.07. The van der Waals surface area contributed by atoms with Crippen molar-refractivity contribution in [2.45, 2.75) is 31.7 Å².